The Bertz CT molecular complexity index is 2780. The molecular formula is C43H25N3OS. The van der Waals surface area contributed by atoms with Gasteiger partial charge in [-0.1, -0.05) is 133 Å². The first kappa shape index (κ1) is 27.0. The predicted molar refractivity (Wildman–Crippen MR) is 199 cm³/mol. The summed E-state index contributed by atoms with van der Waals surface area (Å²) >= 11 is 1.84. The van der Waals surface area contributed by atoms with Crippen LogP contribution >= 0.6 is 11.3 Å². The fourth-order valence-corrected chi connectivity index (χ4v) is 8.15. The second kappa shape index (κ2) is 10.7. The maximum absolute atomic E-state index is 6.85. The number of furan rings is 1. The van der Waals surface area contributed by atoms with Crippen LogP contribution in [-0.2, 0) is 0 Å². The molecule has 0 aliphatic carbocycles. The first-order valence-corrected chi connectivity index (χ1v) is 16.8. The van der Waals surface area contributed by atoms with Crippen molar-refractivity contribution >= 4 is 64.2 Å². The zero-order valence-electron chi connectivity index (χ0n) is 25.6. The fourth-order valence-electron chi connectivity index (χ4n) is 6.99. The van der Waals surface area contributed by atoms with Crippen molar-refractivity contribution in [2.24, 2.45) is 0 Å². The normalized spacial score (nSPS) is 11.8. The summed E-state index contributed by atoms with van der Waals surface area (Å²) in [7, 11) is 0. The molecule has 0 unspecified atom stereocenters. The Morgan fingerprint density at radius 2 is 1.04 bits per heavy atom. The highest BCUT2D eigenvalue weighted by Gasteiger charge is 2.22. The number of nitrogens with zero attached hydrogens (tertiary/aromatic N) is 3. The Hall–Kier alpha value is -6.17. The first-order valence-electron chi connectivity index (χ1n) is 15.9. The van der Waals surface area contributed by atoms with Gasteiger partial charge in [0.15, 0.2) is 17.5 Å². The van der Waals surface area contributed by atoms with Crippen LogP contribution in [0.5, 0.6) is 0 Å². The minimum Gasteiger partial charge on any atom is -0.455 e. The molecular weight excluding hydrogens is 607 g/mol. The minimum absolute atomic E-state index is 0.609. The third kappa shape index (κ3) is 4.18. The fraction of sp³-hybridized carbons (Fsp3) is 0. The maximum Gasteiger partial charge on any atom is 0.164 e. The van der Waals surface area contributed by atoms with Crippen LogP contribution in [0.15, 0.2) is 156 Å². The molecule has 0 amide bonds. The molecule has 4 nitrogen and oxygen atoms in total. The summed E-state index contributed by atoms with van der Waals surface area (Å²) in [5, 5.41) is 6.97. The van der Waals surface area contributed by atoms with Crippen LogP contribution in [0.2, 0.25) is 0 Å². The first-order chi connectivity index (χ1) is 23.8. The van der Waals surface area contributed by atoms with Crippen LogP contribution in [0, 0.1) is 0 Å². The quantitative estimate of drug-likeness (QED) is 0.194. The standard InChI is InChI=1S/C43H25N3OS/c1-3-13-26(14-4-1)41-44-42(27-15-5-2-6-16-27)46-43(45-41)33-22-12-23-34-37(33)31-20-11-21-32(40(31)47-34)38-29-18-8-7-17-28(29)25-36-39(38)30-19-9-10-24-35(30)48-36/h1-25H. The van der Waals surface area contributed by atoms with E-state index >= 15 is 0 Å². The van der Waals surface area contributed by atoms with E-state index in [0.29, 0.717) is 17.5 Å². The monoisotopic (exact) mass is 631 g/mol. The van der Waals surface area contributed by atoms with Crippen molar-refractivity contribution < 1.29 is 4.42 Å². The van der Waals surface area contributed by atoms with Gasteiger partial charge in [-0.2, -0.15) is 0 Å². The van der Waals surface area contributed by atoms with Crippen molar-refractivity contribution in [1.29, 1.82) is 0 Å². The molecule has 0 atom stereocenters. The molecule has 0 bridgehead atoms. The van der Waals surface area contributed by atoms with Gasteiger partial charge < -0.3 is 4.42 Å². The maximum atomic E-state index is 6.85. The number of aromatic nitrogens is 3. The van der Waals surface area contributed by atoms with E-state index in [2.05, 4.69) is 78.9 Å². The van der Waals surface area contributed by atoms with E-state index in [1.54, 1.807) is 0 Å². The van der Waals surface area contributed by atoms with E-state index in [1.807, 2.05) is 84.1 Å². The van der Waals surface area contributed by atoms with Crippen molar-refractivity contribution in [3.8, 4) is 45.3 Å². The average molecular weight is 632 g/mol. The van der Waals surface area contributed by atoms with Crippen molar-refractivity contribution in [3.63, 3.8) is 0 Å². The Balaban J connectivity index is 1.27. The number of benzene rings is 7. The average Bonchev–Trinajstić information content (AvgIpc) is 3.73. The lowest BCUT2D eigenvalue weighted by Crippen LogP contribution is -2.00. The van der Waals surface area contributed by atoms with Crippen molar-refractivity contribution in [2.45, 2.75) is 0 Å². The Kier molecular flexibility index (Phi) is 6.01. The summed E-state index contributed by atoms with van der Waals surface area (Å²) < 4.78 is 9.40. The molecule has 3 heterocycles. The third-order valence-electron chi connectivity index (χ3n) is 9.12. The van der Waals surface area contributed by atoms with Crippen LogP contribution < -0.4 is 0 Å². The van der Waals surface area contributed by atoms with Gasteiger partial charge in [0.05, 0.1) is 0 Å². The van der Waals surface area contributed by atoms with Crippen LogP contribution in [-0.4, -0.2) is 15.0 Å². The van der Waals surface area contributed by atoms with E-state index < -0.39 is 0 Å². The van der Waals surface area contributed by atoms with Gasteiger partial charge in [-0.15, -0.1) is 11.3 Å². The van der Waals surface area contributed by atoms with E-state index in [9.17, 15) is 0 Å². The molecule has 0 N–H and O–H groups in total. The summed E-state index contributed by atoms with van der Waals surface area (Å²) in [6, 6.07) is 52.5. The van der Waals surface area contributed by atoms with E-state index in [4.69, 9.17) is 19.4 Å². The van der Waals surface area contributed by atoms with Crippen LogP contribution in [0.1, 0.15) is 0 Å². The molecule has 0 aliphatic rings. The minimum atomic E-state index is 0.609. The van der Waals surface area contributed by atoms with Gasteiger partial charge in [-0.05, 0) is 29.0 Å². The number of thiophene rings is 1. The van der Waals surface area contributed by atoms with Crippen molar-refractivity contribution in [1.82, 2.24) is 15.0 Å². The molecule has 0 aliphatic heterocycles. The molecule has 10 aromatic rings. The van der Waals surface area contributed by atoms with E-state index in [-0.39, 0.29) is 0 Å². The summed E-state index contributed by atoms with van der Waals surface area (Å²) in [5.41, 5.74) is 6.71. The molecule has 48 heavy (non-hydrogen) atoms. The van der Waals surface area contributed by atoms with E-state index in [0.717, 1.165) is 44.2 Å². The Labute approximate surface area is 279 Å². The molecule has 0 saturated heterocycles. The van der Waals surface area contributed by atoms with Crippen molar-refractivity contribution in [2.75, 3.05) is 0 Å². The van der Waals surface area contributed by atoms with E-state index in [1.165, 1.54) is 36.5 Å². The molecule has 224 valence electrons. The smallest absolute Gasteiger partial charge is 0.164 e. The van der Waals surface area contributed by atoms with Crippen LogP contribution in [0.25, 0.3) is 98.2 Å². The Morgan fingerprint density at radius 3 is 1.81 bits per heavy atom. The highest BCUT2D eigenvalue weighted by molar-refractivity contribution is 7.26. The van der Waals surface area contributed by atoms with Crippen molar-refractivity contribution in [3.05, 3.63) is 152 Å². The second-order valence-corrected chi connectivity index (χ2v) is 13.0. The lowest BCUT2D eigenvalue weighted by atomic mass is 9.92. The molecule has 3 aromatic heterocycles. The van der Waals surface area contributed by atoms with Gasteiger partial charge in [-0.3, -0.25) is 0 Å². The molecule has 10 rings (SSSR count). The zero-order valence-corrected chi connectivity index (χ0v) is 26.4. The molecule has 0 fully saturated rings. The summed E-state index contributed by atoms with van der Waals surface area (Å²) in [4.78, 5) is 15.0. The van der Waals surface area contributed by atoms with Gasteiger partial charge in [0.1, 0.15) is 11.2 Å². The topological polar surface area (TPSA) is 51.8 Å². The third-order valence-corrected chi connectivity index (χ3v) is 10.2. The molecule has 7 aromatic carbocycles. The van der Waals surface area contributed by atoms with Gasteiger partial charge in [0.2, 0.25) is 0 Å². The SMILES string of the molecule is c1ccc(-c2nc(-c3ccccc3)nc(-c3cccc4oc5c(-c6c7ccccc7cc7sc8ccccc8c67)cccc5c34)n2)cc1. The van der Waals surface area contributed by atoms with Gasteiger partial charge in [-0.25, -0.2) is 15.0 Å². The summed E-state index contributed by atoms with van der Waals surface area (Å²) in [6.45, 7) is 0. The number of rotatable bonds is 4. The summed E-state index contributed by atoms with van der Waals surface area (Å²) in [6.07, 6.45) is 0. The number of fused-ring (bicyclic) bond motifs is 7. The van der Waals surface area contributed by atoms with Gasteiger partial charge >= 0.3 is 0 Å². The lowest BCUT2D eigenvalue weighted by molar-refractivity contribution is 0.670. The highest BCUT2D eigenvalue weighted by atomic mass is 32.1. The van der Waals surface area contributed by atoms with Crippen LogP contribution in [0.4, 0.5) is 0 Å². The highest BCUT2D eigenvalue weighted by Crippen LogP contribution is 2.47. The number of hydrogen-bond acceptors (Lipinski definition) is 5. The molecule has 5 heteroatoms. The van der Waals surface area contributed by atoms with Crippen LogP contribution in [0.3, 0.4) is 0 Å². The molecule has 0 saturated carbocycles. The molecule has 0 radical (unpaired) electrons. The Morgan fingerprint density at radius 1 is 0.438 bits per heavy atom. The number of hydrogen-bond donors (Lipinski definition) is 0. The van der Waals surface area contributed by atoms with Gasteiger partial charge in [0, 0.05) is 58.8 Å². The number of para-hydroxylation sites is 1. The summed E-state index contributed by atoms with van der Waals surface area (Å²) in [5.74, 6) is 1.87. The second-order valence-electron chi connectivity index (χ2n) is 11.9. The van der Waals surface area contributed by atoms with Gasteiger partial charge in [0.25, 0.3) is 0 Å². The largest absolute Gasteiger partial charge is 0.455 e. The molecule has 0 spiro atoms. The zero-order chi connectivity index (χ0) is 31.6. The lowest BCUT2D eigenvalue weighted by Gasteiger charge is -2.11. The predicted octanol–water partition coefficient (Wildman–Crippen LogP) is 12.0.